The number of carbonyl (C=O) groups is 1. The standard InChI is InChI=1S/C13H18BrNO2S/c1-3-8-15-11(13(16)17-2)9-18-12-7-5-4-6-10(12)14/h4-7,11,15H,3,8-9H2,1-2H3. The van der Waals surface area contributed by atoms with Gasteiger partial charge in [0, 0.05) is 15.1 Å². The lowest BCUT2D eigenvalue weighted by Gasteiger charge is -2.15. The van der Waals surface area contributed by atoms with Crippen molar-refractivity contribution in [2.45, 2.75) is 24.3 Å². The Morgan fingerprint density at radius 2 is 2.22 bits per heavy atom. The molecule has 0 bridgehead atoms. The minimum atomic E-state index is -0.257. The number of benzene rings is 1. The molecule has 0 aliphatic heterocycles. The molecular formula is C13H18BrNO2S. The number of hydrogen-bond donors (Lipinski definition) is 1. The number of thioether (sulfide) groups is 1. The third-order valence-electron chi connectivity index (χ3n) is 2.37. The molecule has 1 rings (SSSR count). The van der Waals surface area contributed by atoms with Crippen molar-refractivity contribution >= 4 is 33.7 Å². The Balaban J connectivity index is 2.56. The van der Waals surface area contributed by atoms with Crippen LogP contribution in [-0.2, 0) is 9.53 Å². The zero-order valence-corrected chi connectivity index (χ0v) is 13.0. The van der Waals surface area contributed by atoms with Gasteiger partial charge in [0.05, 0.1) is 7.11 Å². The van der Waals surface area contributed by atoms with Crippen LogP contribution in [-0.4, -0.2) is 31.4 Å². The number of ether oxygens (including phenoxy) is 1. The van der Waals surface area contributed by atoms with Crippen LogP contribution in [0.2, 0.25) is 0 Å². The highest BCUT2D eigenvalue weighted by molar-refractivity contribution is 9.10. The van der Waals surface area contributed by atoms with Crippen molar-refractivity contribution in [1.82, 2.24) is 5.32 Å². The minimum Gasteiger partial charge on any atom is -0.468 e. The van der Waals surface area contributed by atoms with Crippen LogP contribution in [0.4, 0.5) is 0 Å². The van der Waals surface area contributed by atoms with Crippen LogP contribution in [0.15, 0.2) is 33.6 Å². The van der Waals surface area contributed by atoms with E-state index in [0.717, 1.165) is 22.3 Å². The van der Waals surface area contributed by atoms with Crippen LogP contribution in [0, 0.1) is 0 Å². The summed E-state index contributed by atoms with van der Waals surface area (Å²) >= 11 is 5.13. The molecule has 5 heteroatoms. The first-order chi connectivity index (χ1) is 8.69. The molecule has 1 aromatic carbocycles. The molecule has 0 saturated heterocycles. The van der Waals surface area contributed by atoms with E-state index in [-0.39, 0.29) is 12.0 Å². The predicted molar refractivity (Wildman–Crippen MR) is 79.0 cm³/mol. The summed E-state index contributed by atoms with van der Waals surface area (Å²) in [6, 6.07) is 7.73. The molecule has 0 aliphatic rings. The van der Waals surface area contributed by atoms with E-state index < -0.39 is 0 Å². The van der Waals surface area contributed by atoms with Gasteiger partial charge in [-0.05, 0) is 41.0 Å². The van der Waals surface area contributed by atoms with Gasteiger partial charge >= 0.3 is 5.97 Å². The maximum absolute atomic E-state index is 11.6. The second-order valence-electron chi connectivity index (χ2n) is 3.77. The van der Waals surface area contributed by atoms with Gasteiger partial charge in [0.25, 0.3) is 0 Å². The van der Waals surface area contributed by atoms with Gasteiger partial charge in [0.1, 0.15) is 6.04 Å². The number of methoxy groups -OCH3 is 1. The molecule has 3 nitrogen and oxygen atoms in total. The van der Waals surface area contributed by atoms with E-state index in [9.17, 15) is 4.79 Å². The van der Waals surface area contributed by atoms with Gasteiger partial charge in [0.15, 0.2) is 0 Å². The molecule has 0 heterocycles. The van der Waals surface area contributed by atoms with E-state index in [1.165, 1.54) is 7.11 Å². The lowest BCUT2D eigenvalue weighted by Crippen LogP contribution is -2.40. The number of halogens is 1. The van der Waals surface area contributed by atoms with Gasteiger partial charge in [-0.15, -0.1) is 11.8 Å². The highest BCUT2D eigenvalue weighted by Gasteiger charge is 2.18. The van der Waals surface area contributed by atoms with Crippen LogP contribution in [0.3, 0.4) is 0 Å². The molecule has 0 amide bonds. The smallest absolute Gasteiger partial charge is 0.323 e. The monoisotopic (exact) mass is 331 g/mol. The van der Waals surface area contributed by atoms with Gasteiger partial charge in [-0.1, -0.05) is 19.1 Å². The first kappa shape index (κ1) is 15.5. The fourth-order valence-electron chi connectivity index (χ4n) is 1.41. The zero-order valence-electron chi connectivity index (χ0n) is 10.6. The van der Waals surface area contributed by atoms with E-state index in [2.05, 4.69) is 28.2 Å². The Kier molecular flexibility index (Phi) is 7.39. The van der Waals surface area contributed by atoms with Crippen molar-refractivity contribution < 1.29 is 9.53 Å². The number of hydrogen-bond acceptors (Lipinski definition) is 4. The third-order valence-corrected chi connectivity index (χ3v) is 4.49. The lowest BCUT2D eigenvalue weighted by molar-refractivity contribution is -0.142. The number of carbonyl (C=O) groups excluding carboxylic acids is 1. The van der Waals surface area contributed by atoms with Crippen molar-refractivity contribution in [3.05, 3.63) is 28.7 Å². The van der Waals surface area contributed by atoms with Crippen molar-refractivity contribution in [3.8, 4) is 0 Å². The molecule has 0 spiro atoms. The second-order valence-corrected chi connectivity index (χ2v) is 5.69. The molecule has 1 N–H and O–H groups in total. The summed E-state index contributed by atoms with van der Waals surface area (Å²) in [4.78, 5) is 12.7. The van der Waals surface area contributed by atoms with E-state index in [0.29, 0.717) is 5.75 Å². The Morgan fingerprint density at radius 3 is 2.83 bits per heavy atom. The molecular weight excluding hydrogens is 314 g/mol. The minimum absolute atomic E-state index is 0.206. The summed E-state index contributed by atoms with van der Waals surface area (Å²) in [5.41, 5.74) is 0. The summed E-state index contributed by atoms with van der Waals surface area (Å²) < 4.78 is 5.85. The van der Waals surface area contributed by atoms with Gasteiger partial charge in [-0.3, -0.25) is 4.79 Å². The van der Waals surface area contributed by atoms with Crippen LogP contribution < -0.4 is 5.32 Å². The molecule has 18 heavy (non-hydrogen) atoms. The van der Waals surface area contributed by atoms with Crippen LogP contribution in [0.25, 0.3) is 0 Å². The maximum Gasteiger partial charge on any atom is 0.323 e. The average Bonchev–Trinajstić information content (AvgIpc) is 2.40. The molecule has 0 fully saturated rings. The van der Waals surface area contributed by atoms with Crippen molar-refractivity contribution in [2.24, 2.45) is 0 Å². The molecule has 1 unspecified atom stereocenters. The molecule has 0 aromatic heterocycles. The topological polar surface area (TPSA) is 38.3 Å². The first-order valence-corrected chi connectivity index (χ1v) is 7.65. The second kappa shape index (κ2) is 8.56. The fourth-order valence-corrected chi connectivity index (χ4v) is 3.02. The molecule has 1 atom stereocenters. The maximum atomic E-state index is 11.6. The van der Waals surface area contributed by atoms with Gasteiger partial charge in [-0.25, -0.2) is 0 Å². The Hall–Kier alpha value is -0.520. The normalized spacial score (nSPS) is 12.2. The van der Waals surface area contributed by atoms with Gasteiger partial charge in [-0.2, -0.15) is 0 Å². The summed E-state index contributed by atoms with van der Waals surface area (Å²) in [5.74, 6) is 0.456. The van der Waals surface area contributed by atoms with Crippen molar-refractivity contribution in [3.63, 3.8) is 0 Å². The first-order valence-electron chi connectivity index (χ1n) is 5.87. The summed E-state index contributed by atoms with van der Waals surface area (Å²) in [7, 11) is 1.42. The number of rotatable bonds is 7. The summed E-state index contributed by atoms with van der Waals surface area (Å²) in [6.07, 6.45) is 0.993. The molecule has 1 aromatic rings. The van der Waals surface area contributed by atoms with Crippen molar-refractivity contribution in [1.29, 1.82) is 0 Å². The van der Waals surface area contributed by atoms with E-state index in [1.54, 1.807) is 11.8 Å². The molecule has 0 saturated carbocycles. The Labute approximate surface area is 121 Å². The average molecular weight is 332 g/mol. The highest BCUT2D eigenvalue weighted by atomic mass is 79.9. The molecule has 100 valence electrons. The molecule has 0 aliphatic carbocycles. The highest BCUT2D eigenvalue weighted by Crippen LogP contribution is 2.27. The van der Waals surface area contributed by atoms with E-state index in [1.807, 2.05) is 24.3 Å². The Morgan fingerprint density at radius 1 is 1.50 bits per heavy atom. The lowest BCUT2D eigenvalue weighted by atomic mass is 10.3. The number of nitrogens with one attached hydrogen (secondary N) is 1. The van der Waals surface area contributed by atoms with E-state index >= 15 is 0 Å². The fraction of sp³-hybridized carbons (Fsp3) is 0.462. The van der Waals surface area contributed by atoms with Crippen LogP contribution >= 0.6 is 27.7 Å². The number of esters is 1. The third kappa shape index (κ3) is 5.00. The van der Waals surface area contributed by atoms with Crippen LogP contribution in [0.1, 0.15) is 13.3 Å². The van der Waals surface area contributed by atoms with Crippen LogP contribution in [0.5, 0.6) is 0 Å². The van der Waals surface area contributed by atoms with E-state index in [4.69, 9.17) is 4.74 Å². The SMILES string of the molecule is CCCNC(CSc1ccccc1Br)C(=O)OC. The quantitative estimate of drug-likeness (QED) is 0.615. The summed E-state index contributed by atoms with van der Waals surface area (Å²) in [5, 5.41) is 3.20. The van der Waals surface area contributed by atoms with Crippen molar-refractivity contribution in [2.75, 3.05) is 19.4 Å². The zero-order chi connectivity index (χ0) is 13.4. The Bertz CT molecular complexity index is 387. The van der Waals surface area contributed by atoms with Gasteiger partial charge in [0.2, 0.25) is 0 Å². The summed E-state index contributed by atoms with van der Waals surface area (Å²) in [6.45, 7) is 2.89. The predicted octanol–water partition coefficient (Wildman–Crippen LogP) is 3.08. The molecule has 0 radical (unpaired) electrons. The van der Waals surface area contributed by atoms with Gasteiger partial charge < -0.3 is 10.1 Å². The largest absolute Gasteiger partial charge is 0.468 e.